The Morgan fingerprint density at radius 1 is 0.938 bits per heavy atom. The normalized spacial score (nSPS) is 17.5. The molecule has 32 heavy (non-hydrogen) atoms. The van der Waals surface area contributed by atoms with Crippen molar-refractivity contribution >= 4 is 30.7 Å². The fourth-order valence-corrected chi connectivity index (χ4v) is 9.03. The molecule has 1 heterocycles. The lowest BCUT2D eigenvalue weighted by atomic mass is 10.1. The van der Waals surface area contributed by atoms with Crippen LogP contribution in [0.1, 0.15) is 48.0 Å². The SMILES string of the molecule is CC(C)(C)OC(=O)N1CC(CO[Si](c2ccccc2)(c2ccccc2)C(C)(C)C)CC1=O. The van der Waals surface area contributed by atoms with Crippen molar-refractivity contribution in [3.8, 4) is 0 Å². The lowest BCUT2D eigenvalue weighted by Gasteiger charge is -2.43. The number of nitrogens with zero attached hydrogens (tertiary/aromatic N) is 1. The molecule has 0 saturated carbocycles. The number of imide groups is 1. The maximum absolute atomic E-state index is 12.6. The molecule has 0 aliphatic carbocycles. The van der Waals surface area contributed by atoms with Gasteiger partial charge in [-0.05, 0) is 36.2 Å². The van der Waals surface area contributed by atoms with Crippen molar-refractivity contribution in [1.82, 2.24) is 4.90 Å². The van der Waals surface area contributed by atoms with Crippen LogP contribution in [0, 0.1) is 5.92 Å². The number of benzene rings is 2. The van der Waals surface area contributed by atoms with Gasteiger partial charge in [-0.25, -0.2) is 9.69 Å². The van der Waals surface area contributed by atoms with Gasteiger partial charge in [0.15, 0.2) is 0 Å². The third-order valence-corrected chi connectivity index (χ3v) is 10.8. The Labute approximate surface area is 192 Å². The average Bonchev–Trinajstić information content (AvgIpc) is 3.08. The van der Waals surface area contributed by atoms with E-state index >= 15 is 0 Å². The topological polar surface area (TPSA) is 55.8 Å². The molecule has 0 radical (unpaired) electrons. The molecule has 2 aromatic rings. The predicted octanol–water partition coefficient (Wildman–Crippen LogP) is 4.35. The van der Waals surface area contributed by atoms with Crippen LogP contribution in [0.15, 0.2) is 60.7 Å². The number of likely N-dealkylation sites (tertiary alicyclic amines) is 1. The van der Waals surface area contributed by atoms with Crippen LogP contribution in [0.3, 0.4) is 0 Å². The van der Waals surface area contributed by atoms with Gasteiger partial charge in [-0.2, -0.15) is 0 Å². The fourth-order valence-electron chi connectivity index (χ4n) is 4.39. The smallest absolute Gasteiger partial charge is 0.417 e. The molecule has 2 amide bonds. The standard InChI is InChI=1S/C26H35NO4Si/c1-25(2,3)31-24(29)27-18-20(17-23(27)28)19-30-32(26(4,5)6,21-13-9-7-10-14-21)22-15-11-8-12-16-22/h7-16,20H,17-19H2,1-6H3. The van der Waals surface area contributed by atoms with Crippen LogP contribution >= 0.6 is 0 Å². The van der Waals surface area contributed by atoms with Gasteiger partial charge >= 0.3 is 6.09 Å². The average molecular weight is 454 g/mol. The molecule has 1 atom stereocenters. The Kier molecular flexibility index (Phi) is 6.96. The minimum absolute atomic E-state index is 0.0586. The number of carbonyl (C=O) groups excluding carboxylic acids is 2. The highest BCUT2D eigenvalue weighted by molar-refractivity contribution is 6.99. The van der Waals surface area contributed by atoms with Crippen LogP contribution in [-0.4, -0.2) is 44.0 Å². The van der Waals surface area contributed by atoms with Gasteiger partial charge in [0.05, 0.1) is 0 Å². The van der Waals surface area contributed by atoms with Crippen molar-refractivity contribution in [3.05, 3.63) is 60.7 Å². The van der Waals surface area contributed by atoms with Crippen LogP contribution in [0.25, 0.3) is 0 Å². The summed E-state index contributed by atoms with van der Waals surface area (Å²) < 4.78 is 12.3. The molecule has 1 saturated heterocycles. The van der Waals surface area contributed by atoms with Gasteiger partial charge in [-0.15, -0.1) is 0 Å². The second-order valence-corrected chi connectivity index (χ2v) is 14.8. The molecule has 2 aromatic carbocycles. The fraction of sp³-hybridized carbons (Fsp3) is 0.462. The highest BCUT2D eigenvalue weighted by Crippen LogP contribution is 2.37. The van der Waals surface area contributed by atoms with Gasteiger partial charge in [0, 0.05) is 25.5 Å². The zero-order valence-electron chi connectivity index (χ0n) is 20.1. The molecule has 1 unspecified atom stereocenters. The maximum Gasteiger partial charge on any atom is 0.417 e. The van der Waals surface area contributed by atoms with Crippen molar-refractivity contribution in [1.29, 1.82) is 0 Å². The number of ether oxygens (including phenoxy) is 1. The van der Waals surface area contributed by atoms with Crippen molar-refractivity contribution in [3.63, 3.8) is 0 Å². The molecule has 1 aliphatic rings. The van der Waals surface area contributed by atoms with Gasteiger partial charge in [-0.1, -0.05) is 81.4 Å². The van der Waals surface area contributed by atoms with Crippen LogP contribution < -0.4 is 10.4 Å². The van der Waals surface area contributed by atoms with Gasteiger partial charge < -0.3 is 9.16 Å². The minimum Gasteiger partial charge on any atom is -0.443 e. The lowest BCUT2D eigenvalue weighted by Crippen LogP contribution is -2.67. The van der Waals surface area contributed by atoms with E-state index in [1.807, 2.05) is 12.1 Å². The van der Waals surface area contributed by atoms with Gasteiger partial charge in [0.25, 0.3) is 8.32 Å². The van der Waals surface area contributed by atoms with E-state index in [0.717, 1.165) is 0 Å². The first-order valence-electron chi connectivity index (χ1n) is 11.2. The number of rotatable bonds is 5. The zero-order valence-corrected chi connectivity index (χ0v) is 21.1. The first kappa shape index (κ1) is 24.2. The van der Waals surface area contributed by atoms with E-state index in [-0.39, 0.29) is 23.3 Å². The van der Waals surface area contributed by atoms with Gasteiger partial charge in [0.1, 0.15) is 5.60 Å². The Morgan fingerprint density at radius 2 is 1.44 bits per heavy atom. The van der Waals surface area contributed by atoms with Crippen molar-refractivity contribution in [2.75, 3.05) is 13.2 Å². The molecule has 0 N–H and O–H groups in total. The van der Waals surface area contributed by atoms with E-state index in [0.29, 0.717) is 13.2 Å². The first-order chi connectivity index (χ1) is 14.9. The van der Waals surface area contributed by atoms with Crippen LogP contribution in [0.4, 0.5) is 4.79 Å². The second-order valence-electron chi connectivity index (χ2n) is 10.5. The summed E-state index contributed by atoms with van der Waals surface area (Å²) in [6.45, 7) is 12.8. The van der Waals surface area contributed by atoms with Crippen LogP contribution in [0.5, 0.6) is 0 Å². The largest absolute Gasteiger partial charge is 0.443 e. The Bertz CT molecular complexity index is 892. The summed E-state index contributed by atoms with van der Waals surface area (Å²) in [5.74, 6) is -0.257. The number of amides is 2. The zero-order chi connectivity index (χ0) is 23.6. The van der Waals surface area contributed by atoms with E-state index in [4.69, 9.17) is 9.16 Å². The van der Waals surface area contributed by atoms with E-state index in [1.165, 1.54) is 15.3 Å². The molecule has 172 valence electrons. The first-order valence-corrected chi connectivity index (χ1v) is 13.1. The van der Waals surface area contributed by atoms with Crippen LogP contribution in [-0.2, 0) is 14.0 Å². The van der Waals surface area contributed by atoms with Crippen molar-refractivity contribution in [2.45, 2.75) is 58.6 Å². The maximum atomic E-state index is 12.6. The van der Waals surface area contributed by atoms with E-state index in [9.17, 15) is 9.59 Å². The van der Waals surface area contributed by atoms with E-state index in [1.54, 1.807) is 20.8 Å². The molecule has 0 bridgehead atoms. The molecule has 5 nitrogen and oxygen atoms in total. The van der Waals surface area contributed by atoms with E-state index in [2.05, 4.69) is 69.3 Å². The summed E-state index contributed by atoms with van der Waals surface area (Å²) in [7, 11) is -2.67. The molecular weight excluding hydrogens is 418 g/mol. The Hall–Kier alpha value is -2.44. The van der Waals surface area contributed by atoms with Crippen LogP contribution in [0.2, 0.25) is 5.04 Å². The number of hydrogen-bond acceptors (Lipinski definition) is 4. The highest BCUT2D eigenvalue weighted by Gasteiger charge is 2.51. The summed E-state index contributed by atoms with van der Waals surface area (Å²) >= 11 is 0. The van der Waals surface area contributed by atoms with Crippen molar-refractivity contribution in [2.24, 2.45) is 5.92 Å². The van der Waals surface area contributed by atoms with Gasteiger partial charge in [0.2, 0.25) is 5.91 Å². The predicted molar refractivity (Wildman–Crippen MR) is 130 cm³/mol. The minimum atomic E-state index is -2.67. The molecule has 0 spiro atoms. The molecule has 0 aromatic heterocycles. The highest BCUT2D eigenvalue weighted by atomic mass is 28.4. The Balaban J connectivity index is 1.88. The Morgan fingerprint density at radius 3 is 1.88 bits per heavy atom. The molecule has 6 heteroatoms. The lowest BCUT2D eigenvalue weighted by molar-refractivity contribution is -0.127. The molecule has 3 rings (SSSR count). The quantitative estimate of drug-likeness (QED) is 0.632. The summed E-state index contributed by atoms with van der Waals surface area (Å²) in [4.78, 5) is 26.3. The summed E-state index contributed by atoms with van der Waals surface area (Å²) in [6, 6.07) is 20.9. The van der Waals surface area contributed by atoms with E-state index < -0.39 is 20.0 Å². The summed E-state index contributed by atoms with van der Waals surface area (Å²) in [5, 5.41) is 2.27. The summed E-state index contributed by atoms with van der Waals surface area (Å²) in [5.41, 5.74) is -0.638. The molecule has 1 fully saturated rings. The molecular formula is C26H35NO4Si. The second kappa shape index (κ2) is 9.20. The van der Waals surface area contributed by atoms with Gasteiger partial charge in [-0.3, -0.25) is 4.79 Å². The number of hydrogen-bond donors (Lipinski definition) is 0. The third-order valence-electron chi connectivity index (χ3n) is 5.77. The molecule has 1 aliphatic heterocycles. The number of carbonyl (C=O) groups is 2. The third kappa shape index (κ3) is 5.13. The van der Waals surface area contributed by atoms with Crippen molar-refractivity contribution < 1.29 is 18.8 Å². The summed E-state index contributed by atoms with van der Waals surface area (Å²) in [6.07, 6.45) is -0.285. The monoisotopic (exact) mass is 453 g/mol.